The minimum absolute atomic E-state index is 0.989. The van der Waals surface area contributed by atoms with Gasteiger partial charge < -0.3 is 5.32 Å². The molecule has 15 heavy (non-hydrogen) atoms. The Labute approximate surface area is 99.2 Å². The number of benzene rings is 1. The second kappa shape index (κ2) is 6.40. The van der Waals surface area contributed by atoms with E-state index in [2.05, 4.69) is 33.2 Å². The normalized spacial score (nSPS) is 12.1. The first kappa shape index (κ1) is 12.0. The van der Waals surface area contributed by atoms with Crippen LogP contribution in [0.1, 0.15) is 20.3 Å². The maximum absolute atomic E-state index is 4.24. The van der Waals surface area contributed by atoms with Gasteiger partial charge in [0.05, 0.1) is 0 Å². The van der Waals surface area contributed by atoms with Gasteiger partial charge in [-0.25, -0.2) is 0 Å². The standard InChI is InChI=1S/C12H15BrN2/c1-3-10(2)14-8-9-15-12-6-4-11(13)5-7-12/h4-9,15H,3H2,1-2H3/b9-8-,14-10?. The third-order valence-corrected chi connectivity index (χ3v) is 2.50. The summed E-state index contributed by atoms with van der Waals surface area (Å²) in [5, 5.41) is 3.14. The maximum Gasteiger partial charge on any atom is 0.0427 e. The van der Waals surface area contributed by atoms with E-state index in [9.17, 15) is 0 Å². The molecular formula is C12H15BrN2. The monoisotopic (exact) mass is 266 g/mol. The van der Waals surface area contributed by atoms with Gasteiger partial charge in [0.25, 0.3) is 0 Å². The summed E-state index contributed by atoms with van der Waals surface area (Å²) in [7, 11) is 0. The van der Waals surface area contributed by atoms with E-state index in [1.54, 1.807) is 6.20 Å². The molecule has 0 aromatic heterocycles. The van der Waals surface area contributed by atoms with Crippen LogP contribution < -0.4 is 5.32 Å². The quantitative estimate of drug-likeness (QED) is 0.812. The zero-order valence-electron chi connectivity index (χ0n) is 9.00. The molecule has 0 amide bonds. The van der Waals surface area contributed by atoms with E-state index in [0.717, 1.165) is 22.3 Å². The van der Waals surface area contributed by atoms with Gasteiger partial charge in [0, 0.05) is 28.3 Å². The smallest absolute Gasteiger partial charge is 0.0427 e. The molecule has 0 fully saturated rings. The number of nitrogens with zero attached hydrogens (tertiary/aromatic N) is 1. The zero-order chi connectivity index (χ0) is 11.1. The van der Waals surface area contributed by atoms with Crippen molar-refractivity contribution in [2.24, 2.45) is 4.99 Å². The van der Waals surface area contributed by atoms with E-state index in [0.29, 0.717) is 0 Å². The second-order valence-electron chi connectivity index (χ2n) is 3.18. The highest BCUT2D eigenvalue weighted by Crippen LogP contribution is 2.13. The van der Waals surface area contributed by atoms with Crippen LogP contribution in [0.15, 0.2) is 46.1 Å². The third-order valence-electron chi connectivity index (χ3n) is 1.98. The highest BCUT2D eigenvalue weighted by atomic mass is 79.9. The molecule has 0 bridgehead atoms. The van der Waals surface area contributed by atoms with Crippen molar-refractivity contribution in [3.63, 3.8) is 0 Å². The lowest BCUT2D eigenvalue weighted by molar-refractivity contribution is 1.25. The molecule has 1 aromatic rings. The molecule has 0 spiro atoms. The van der Waals surface area contributed by atoms with Crippen LogP contribution in [0.25, 0.3) is 0 Å². The predicted molar refractivity (Wildman–Crippen MR) is 70.3 cm³/mol. The Bertz CT molecular complexity index is 352. The number of anilines is 1. The van der Waals surface area contributed by atoms with Crippen molar-refractivity contribution in [1.29, 1.82) is 0 Å². The van der Waals surface area contributed by atoms with Crippen LogP contribution in [0.4, 0.5) is 5.69 Å². The molecule has 1 rings (SSSR count). The van der Waals surface area contributed by atoms with Gasteiger partial charge in [0.2, 0.25) is 0 Å². The second-order valence-corrected chi connectivity index (χ2v) is 4.10. The lowest BCUT2D eigenvalue weighted by Crippen LogP contribution is -1.87. The van der Waals surface area contributed by atoms with E-state index in [4.69, 9.17) is 0 Å². The average molecular weight is 267 g/mol. The molecule has 1 N–H and O–H groups in total. The molecule has 0 saturated heterocycles. The molecular weight excluding hydrogens is 252 g/mol. The van der Waals surface area contributed by atoms with Crippen molar-refractivity contribution < 1.29 is 0 Å². The lowest BCUT2D eigenvalue weighted by atomic mass is 10.3. The average Bonchev–Trinajstić information content (AvgIpc) is 2.26. The Morgan fingerprint density at radius 3 is 2.67 bits per heavy atom. The number of hydrogen-bond donors (Lipinski definition) is 1. The van der Waals surface area contributed by atoms with E-state index < -0.39 is 0 Å². The third kappa shape index (κ3) is 4.79. The lowest BCUT2D eigenvalue weighted by Gasteiger charge is -1.99. The topological polar surface area (TPSA) is 24.4 Å². The highest BCUT2D eigenvalue weighted by Gasteiger charge is 1.87. The Morgan fingerprint density at radius 1 is 1.40 bits per heavy atom. The summed E-state index contributed by atoms with van der Waals surface area (Å²) in [4.78, 5) is 4.24. The van der Waals surface area contributed by atoms with E-state index in [1.807, 2.05) is 37.4 Å². The van der Waals surface area contributed by atoms with Crippen molar-refractivity contribution in [1.82, 2.24) is 0 Å². The Balaban J connectivity index is 2.47. The summed E-state index contributed by atoms with van der Waals surface area (Å²) in [5.74, 6) is 0. The van der Waals surface area contributed by atoms with Crippen LogP contribution >= 0.6 is 15.9 Å². The van der Waals surface area contributed by atoms with Crippen LogP contribution in [0.5, 0.6) is 0 Å². The summed E-state index contributed by atoms with van der Waals surface area (Å²) in [5.41, 5.74) is 2.18. The molecule has 3 heteroatoms. The van der Waals surface area contributed by atoms with Crippen molar-refractivity contribution in [2.75, 3.05) is 5.32 Å². The SMILES string of the molecule is CCC(C)=N/C=C\Nc1ccc(Br)cc1. The maximum atomic E-state index is 4.24. The molecule has 80 valence electrons. The minimum atomic E-state index is 0.989. The van der Waals surface area contributed by atoms with E-state index >= 15 is 0 Å². The molecule has 0 radical (unpaired) electrons. The zero-order valence-corrected chi connectivity index (χ0v) is 10.6. The summed E-state index contributed by atoms with van der Waals surface area (Å²) >= 11 is 3.39. The summed E-state index contributed by atoms with van der Waals surface area (Å²) in [6.45, 7) is 4.11. The number of halogens is 1. The number of aliphatic imine (C=N–C) groups is 1. The van der Waals surface area contributed by atoms with Crippen LogP contribution in [0.2, 0.25) is 0 Å². The summed E-state index contributed by atoms with van der Waals surface area (Å²) in [6, 6.07) is 8.00. The van der Waals surface area contributed by atoms with Gasteiger partial charge in [-0.2, -0.15) is 0 Å². The molecule has 0 heterocycles. The first-order valence-corrected chi connectivity index (χ1v) is 5.72. The Morgan fingerprint density at radius 2 is 2.07 bits per heavy atom. The van der Waals surface area contributed by atoms with Crippen LogP contribution in [-0.4, -0.2) is 5.71 Å². The van der Waals surface area contributed by atoms with Gasteiger partial charge in [-0.15, -0.1) is 0 Å². The number of rotatable bonds is 4. The van der Waals surface area contributed by atoms with Crippen molar-refractivity contribution >= 4 is 27.3 Å². The number of hydrogen-bond acceptors (Lipinski definition) is 2. The van der Waals surface area contributed by atoms with Crippen LogP contribution in [0, 0.1) is 0 Å². The molecule has 0 aliphatic rings. The first-order valence-electron chi connectivity index (χ1n) is 4.92. The molecule has 0 atom stereocenters. The van der Waals surface area contributed by atoms with Gasteiger partial charge in [-0.05, 0) is 37.6 Å². The van der Waals surface area contributed by atoms with Gasteiger partial charge in [-0.1, -0.05) is 22.9 Å². The fourth-order valence-corrected chi connectivity index (χ4v) is 1.20. The molecule has 0 aliphatic heterocycles. The molecule has 2 nitrogen and oxygen atoms in total. The van der Waals surface area contributed by atoms with Crippen molar-refractivity contribution in [2.45, 2.75) is 20.3 Å². The van der Waals surface area contributed by atoms with E-state index in [1.165, 1.54) is 0 Å². The minimum Gasteiger partial charge on any atom is -0.360 e. The van der Waals surface area contributed by atoms with Gasteiger partial charge in [0.15, 0.2) is 0 Å². The van der Waals surface area contributed by atoms with Crippen LogP contribution in [0.3, 0.4) is 0 Å². The van der Waals surface area contributed by atoms with Crippen molar-refractivity contribution in [3.8, 4) is 0 Å². The Kier molecular flexibility index (Phi) is 5.12. The molecule has 0 saturated carbocycles. The first-order chi connectivity index (χ1) is 7.22. The summed E-state index contributed by atoms with van der Waals surface area (Å²) < 4.78 is 1.08. The molecule has 1 aromatic carbocycles. The Hall–Kier alpha value is -1.09. The largest absolute Gasteiger partial charge is 0.360 e. The van der Waals surface area contributed by atoms with E-state index in [-0.39, 0.29) is 0 Å². The highest BCUT2D eigenvalue weighted by molar-refractivity contribution is 9.10. The predicted octanol–water partition coefficient (Wildman–Crippen LogP) is 4.20. The fourth-order valence-electron chi connectivity index (χ4n) is 0.935. The molecule has 0 aliphatic carbocycles. The summed E-state index contributed by atoms with van der Waals surface area (Å²) in [6.07, 6.45) is 4.60. The molecule has 0 unspecified atom stereocenters. The van der Waals surface area contributed by atoms with Gasteiger partial charge in [0.1, 0.15) is 0 Å². The number of nitrogens with one attached hydrogen (secondary N) is 1. The van der Waals surface area contributed by atoms with Gasteiger partial charge >= 0.3 is 0 Å². The fraction of sp³-hybridized carbons (Fsp3) is 0.250. The van der Waals surface area contributed by atoms with Crippen molar-refractivity contribution in [3.05, 3.63) is 41.1 Å². The van der Waals surface area contributed by atoms with Gasteiger partial charge in [-0.3, -0.25) is 4.99 Å². The van der Waals surface area contributed by atoms with Crippen LogP contribution in [-0.2, 0) is 0 Å².